The summed E-state index contributed by atoms with van der Waals surface area (Å²) >= 11 is 0. The van der Waals surface area contributed by atoms with Crippen LogP contribution in [0.2, 0.25) is 0 Å². The summed E-state index contributed by atoms with van der Waals surface area (Å²) < 4.78 is 29.2. The molecule has 2 amide bonds. The molecule has 14 heteroatoms. The summed E-state index contributed by atoms with van der Waals surface area (Å²) in [6.07, 6.45) is -6.42. The number of aliphatic hydroxyl groups excluding tert-OH is 4. The van der Waals surface area contributed by atoms with Crippen LogP contribution in [-0.4, -0.2) is 113 Å². The van der Waals surface area contributed by atoms with Crippen LogP contribution in [0.15, 0.2) is 41.5 Å². The molecular formula is C34H52N2O12. The van der Waals surface area contributed by atoms with Gasteiger partial charge in [-0.05, 0) is 74.8 Å². The molecule has 1 aromatic carbocycles. The van der Waals surface area contributed by atoms with Crippen molar-refractivity contribution in [2.24, 2.45) is 17.6 Å². The number of nitrogens with two attached hydrogens (primary N) is 1. The zero-order chi connectivity index (χ0) is 35.7. The van der Waals surface area contributed by atoms with E-state index in [4.69, 9.17) is 29.4 Å². The summed E-state index contributed by atoms with van der Waals surface area (Å²) in [4.78, 5) is 25.0. The number of primary amides is 1. The number of aromatic hydroxyl groups is 1. The van der Waals surface area contributed by atoms with E-state index in [2.05, 4.69) is 5.32 Å². The third-order valence-corrected chi connectivity index (χ3v) is 8.99. The fourth-order valence-electron chi connectivity index (χ4n) is 6.30. The first-order valence-corrected chi connectivity index (χ1v) is 16.2. The van der Waals surface area contributed by atoms with Gasteiger partial charge in [-0.3, -0.25) is 4.79 Å². The van der Waals surface area contributed by atoms with Gasteiger partial charge in [-0.1, -0.05) is 26.0 Å². The van der Waals surface area contributed by atoms with Gasteiger partial charge in [-0.25, -0.2) is 4.79 Å². The van der Waals surface area contributed by atoms with Gasteiger partial charge in [-0.2, -0.15) is 0 Å². The molecule has 0 unspecified atom stereocenters. The van der Waals surface area contributed by atoms with Crippen molar-refractivity contribution < 1.29 is 58.8 Å². The van der Waals surface area contributed by atoms with Crippen LogP contribution in [0.1, 0.15) is 52.5 Å². The lowest BCUT2D eigenvalue weighted by atomic mass is 9.87. The molecule has 1 aromatic rings. The van der Waals surface area contributed by atoms with Crippen LogP contribution >= 0.6 is 0 Å². The molecule has 2 bridgehead atoms. The molecule has 2 aliphatic rings. The predicted molar refractivity (Wildman–Crippen MR) is 175 cm³/mol. The smallest absolute Gasteiger partial charge is 0.405 e. The van der Waals surface area contributed by atoms with E-state index in [1.807, 2.05) is 19.9 Å². The summed E-state index contributed by atoms with van der Waals surface area (Å²) in [5.41, 5.74) is 7.62. The monoisotopic (exact) mass is 680 g/mol. The molecule has 48 heavy (non-hydrogen) atoms. The van der Waals surface area contributed by atoms with Gasteiger partial charge in [0.25, 0.3) is 5.91 Å². The Balaban J connectivity index is 2.09. The first kappa shape index (κ1) is 39.4. The number of carbonyl (C=O) groups excluding carboxylic acids is 2. The number of rotatable bonds is 6. The average molecular weight is 681 g/mol. The van der Waals surface area contributed by atoms with E-state index in [1.54, 1.807) is 32.1 Å². The molecule has 0 radical (unpaired) electrons. The van der Waals surface area contributed by atoms with Crippen molar-refractivity contribution in [2.45, 2.75) is 108 Å². The number of ether oxygens (including phenoxy) is 5. The van der Waals surface area contributed by atoms with Crippen LogP contribution < -0.4 is 11.1 Å². The summed E-state index contributed by atoms with van der Waals surface area (Å²) in [7, 11) is 2.98. The lowest BCUT2D eigenvalue weighted by molar-refractivity contribution is -0.320. The average Bonchev–Trinajstić information content (AvgIpc) is 3.04. The van der Waals surface area contributed by atoms with Crippen LogP contribution in [0.4, 0.5) is 10.5 Å². The van der Waals surface area contributed by atoms with Gasteiger partial charge >= 0.3 is 6.09 Å². The highest BCUT2D eigenvalue weighted by Crippen LogP contribution is 2.32. The normalized spacial score (nSPS) is 36.6. The number of hydrogen-bond donors (Lipinski definition) is 7. The Labute approximate surface area is 281 Å². The Morgan fingerprint density at radius 2 is 1.75 bits per heavy atom. The summed E-state index contributed by atoms with van der Waals surface area (Å²) in [5.74, 6) is -0.862. The highest BCUT2D eigenvalue weighted by atomic mass is 16.7. The van der Waals surface area contributed by atoms with Crippen molar-refractivity contribution in [3.63, 3.8) is 0 Å². The van der Waals surface area contributed by atoms with Gasteiger partial charge in [0.1, 0.15) is 30.2 Å². The van der Waals surface area contributed by atoms with Gasteiger partial charge < -0.3 is 60.3 Å². The van der Waals surface area contributed by atoms with Gasteiger partial charge in [-0.15, -0.1) is 0 Å². The topological polar surface area (TPSA) is 219 Å². The Morgan fingerprint density at radius 1 is 1.06 bits per heavy atom. The molecule has 3 rings (SSSR count). The second kappa shape index (κ2) is 18.1. The number of anilines is 1. The van der Waals surface area contributed by atoms with Crippen LogP contribution in [0, 0.1) is 11.8 Å². The van der Waals surface area contributed by atoms with Crippen LogP contribution in [-0.2, 0) is 34.9 Å². The van der Waals surface area contributed by atoms with Gasteiger partial charge in [0.15, 0.2) is 12.4 Å². The lowest BCUT2D eigenvalue weighted by Gasteiger charge is -2.43. The molecule has 8 N–H and O–H groups in total. The quantitative estimate of drug-likeness (QED) is 0.169. The molecule has 1 fully saturated rings. The number of phenolic OH excluding ortho intramolecular Hbond substituents is 1. The Hall–Kier alpha value is -3.08. The number of allylic oxidation sites excluding steroid dienone is 1. The largest absolute Gasteiger partial charge is 0.508 e. The fourth-order valence-corrected chi connectivity index (χ4v) is 6.30. The molecule has 0 saturated carbocycles. The number of nitrogens with one attached hydrogen (secondary N) is 1. The highest BCUT2D eigenvalue weighted by Gasteiger charge is 2.46. The number of aliphatic hydroxyl groups is 4. The minimum atomic E-state index is -1.65. The number of phenols is 1. The number of amides is 2. The van der Waals surface area contributed by atoms with E-state index >= 15 is 0 Å². The molecule has 0 aliphatic carbocycles. The minimum Gasteiger partial charge on any atom is -0.508 e. The first-order valence-electron chi connectivity index (χ1n) is 16.2. The van der Waals surface area contributed by atoms with Gasteiger partial charge in [0, 0.05) is 31.4 Å². The van der Waals surface area contributed by atoms with E-state index in [0.717, 1.165) is 0 Å². The molecule has 11 atom stereocenters. The molecule has 270 valence electrons. The van der Waals surface area contributed by atoms with Crippen LogP contribution in [0.5, 0.6) is 5.75 Å². The highest BCUT2D eigenvalue weighted by molar-refractivity contribution is 6.03. The predicted octanol–water partition coefficient (Wildman–Crippen LogP) is 1.90. The standard InChI is InChI=1S/C34H52N2O12/c1-17-12-21-15-22(10-11-23(21)38)36-32(42)18(2)8-7-9-24(44-5)30(48-34(35)43)19(3)14-20(4)31(25(13-17)45-6)47-33-29(41)28(40)27(39)26(16-37)46-33/h8,10-11,14-15,17,20,24-31,33,37-41H,7,9,12-13,16H2,1-6H3,(H2,35,43)(H,36,42)/b18-8+,19-14+/t17-,20+,24+,25+,26-,27-,28+,29-,30+,31-,33+/m1/s1. The molecule has 0 aromatic heterocycles. The van der Waals surface area contributed by atoms with Crippen molar-refractivity contribution in [3.05, 3.63) is 47.1 Å². The number of methoxy groups -OCH3 is 2. The third kappa shape index (κ3) is 10.2. The number of hydrogen-bond acceptors (Lipinski definition) is 12. The van der Waals surface area contributed by atoms with E-state index in [-0.39, 0.29) is 17.6 Å². The number of fused-ring (bicyclic) bond motifs is 2. The fraction of sp³-hybridized carbons (Fsp3) is 0.647. The van der Waals surface area contributed by atoms with E-state index in [1.165, 1.54) is 20.3 Å². The van der Waals surface area contributed by atoms with Crippen molar-refractivity contribution in [1.82, 2.24) is 0 Å². The van der Waals surface area contributed by atoms with Crippen molar-refractivity contribution in [3.8, 4) is 5.75 Å². The molecule has 2 aliphatic heterocycles. The minimum absolute atomic E-state index is 0.0686. The Kier molecular flexibility index (Phi) is 14.8. The van der Waals surface area contributed by atoms with E-state index < -0.39 is 73.7 Å². The first-order chi connectivity index (χ1) is 22.7. The van der Waals surface area contributed by atoms with E-state index in [0.29, 0.717) is 48.1 Å². The third-order valence-electron chi connectivity index (χ3n) is 8.99. The van der Waals surface area contributed by atoms with Crippen LogP contribution in [0.25, 0.3) is 0 Å². The van der Waals surface area contributed by atoms with Gasteiger partial charge in [0.05, 0.1) is 24.9 Å². The van der Waals surface area contributed by atoms with E-state index in [9.17, 15) is 35.1 Å². The number of benzene rings is 1. The SMILES string of the molecule is CO[C@H]1C[C@H](C)Cc2cc(ccc2O)NC(=O)/C(C)=C/CC[C@H](OC)[C@@H](OC(N)=O)/C(C)=C/[C@H](C)[C@H]1O[C@@H]1O[C@H](CO)[C@@H](O)[C@H](O)[C@H]1O. The maximum atomic E-state index is 13.0. The Morgan fingerprint density at radius 3 is 2.38 bits per heavy atom. The maximum Gasteiger partial charge on any atom is 0.405 e. The second-order valence-electron chi connectivity index (χ2n) is 12.8. The Bertz CT molecular complexity index is 1290. The zero-order valence-electron chi connectivity index (χ0n) is 28.4. The molecule has 1 saturated heterocycles. The molecule has 14 nitrogen and oxygen atoms in total. The number of carbonyl (C=O) groups is 2. The van der Waals surface area contributed by atoms with Crippen molar-refractivity contribution in [2.75, 3.05) is 26.1 Å². The van der Waals surface area contributed by atoms with Crippen molar-refractivity contribution in [1.29, 1.82) is 0 Å². The zero-order valence-corrected chi connectivity index (χ0v) is 28.4. The maximum absolute atomic E-state index is 13.0. The summed E-state index contributed by atoms with van der Waals surface area (Å²) in [6, 6.07) is 4.86. The summed E-state index contributed by atoms with van der Waals surface area (Å²) in [5, 5.41) is 54.9. The van der Waals surface area contributed by atoms with Crippen LogP contribution in [0.3, 0.4) is 0 Å². The van der Waals surface area contributed by atoms with Gasteiger partial charge in [0.2, 0.25) is 0 Å². The second-order valence-corrected chi connectivity index (χ2v) is 12.8. The summed E-state index contributed by atoms with van der Waals surface area (Å²) in [6.45, 7) is 6.60. The lowest BCUT2D eigenvalue weighted by Crippen LogP contribution is -2.60. The molecule has 0 spiro atoms. The van der Waals surface area contributed by atoms with Crippen molar-refractivity contribution >= 4 is 17.7 Å². The molecule has 2 heterocycles. The molecular weight excluding hydrogens is 628 g/mol.